The number of urea groups is 1. The van der Waals surface area contributed by atoms with Gasteiger partial charge in [0.05, 0.1) is 6.04 Å². The van der Waals surface area contributed by atoms with Crippen molar-refractivity contribution < 1.29 is 14.7 Å². The van der Waals surface area contributed by atoms with Crippen LogP contribution in [0.2, 0.25) is 0 Å². The number of carbonyl (C=O) groups excluding carboxylic acids is 2. The molecule has 0 aromatic carbocycles. The van der Waals surface area contributed by atoms with E-state index in [0.717, 1.165) is 25.7 Å². The van der Waals surface area contributed by atoms with Crippen molar-refractivity contribution in [3.63, 3.8) is 0 Å². The highest BCUT2D eigenvalue weighted by Gasteiger charge is 2.32. The molecular weight excluding hydrogens is 234 g/mol. The quantitative estimate of drug-likeness (QED) is 0.560. The molecule has 0 saturated heterocycles. The van der Waals surface area contributed by atoms with Gasteiger partial charge in [-0.15, -0.1) is 0 Å². The van der Waals surface area contributed by atoms with Gasteiger partial charge in [-0.25, -0.2) is 4.79 Å². The van der Waals surface area contributed by atoms with Gasteiger partial charge in [-0.2, -0.15) is 0 Å². The predicted molar refractivity (Wildman–Crippen MR) is 67.8 cm³/mol. The molecule has 1 aliphatic rings. The summed E-state index contributed by atoms with van der Waals surface area (Å²) in [5.41, 5.74) is 4.76. The Morgan fingerprint density at radius 3 is 2.44 bits per heavy atom. The molecule has 0 aromatic heterocycles. The molecule has 1 fully saturated rings. The molecule has 0 aliphatic heterocycles. The molecule has 0 radical (unpaired) electrons. The third-order valence-electron chi connectivity index (χ3n) is 3.67. The van der Waals surface area contributed by atoms with Crippen molar-refractivity contribution in [2.75, 3.05) is 13.2 Å². The highest BCUT2D eigenvalue weighted by molar-refractivity contribution is 5.96. The Hall–Kier alpha value is -1.14. The number of primary amides is 1. The summed E-state index contributed by atoms with van der Waals surface area (Å²) in [6, 6.07) is -1.34. The fraction of sp³-hybridized carbons (Fsp3) is 0.833. The minimum Gasteiger partial charge on any atom is -0.396 e. The standard InChI is InChI=1S/C12H23N3O3/c1-9(10(17)15-11(13)18)14-7-12(8-16)5-3-2-4-6-12/h9,14,16H,2-8H2,1H3,(H3,13,15,17,18). The number of aliphatic hydroxyl groups is 1. The van der Waals surface area contributed by atoms with Crippen molar-refractivity contribution in [3.8, 4) is 0 Å². The first kappa shape index (κ1) is 14.9. The minimum absolute atomic E-state index is 0.125. The molecule has 1 rings (SSSR count). The molecule has 1 atom stereocenters. The molecule has 1 aliphatic carbocycles. The normalized spacial score (nSPS) is 20.1. The molecule has 1 unspecified atom stereocenters. The Bertz CT molecular complexity index is 301. The Balaban J connectivity index is 2.42. The maximum absolute atomic E-state index is 11.5. The molecular formula is C12H23N3O3. The van der Waals surface area contributed by atoms with Gasteiger partial charge in [0.15, 0.2) is 0 Å². The van der Waals surface area contributed by atoms with Gasteiger partial charge in [0.25, 0.3) is 0 Å². The zero-order valence-corrected chi connectivity index (χ0v) is 10.9. The van der Waals surface area contributed by atoms with Crippen LogP contribution < -0.4 is 16.4 Å². The summed E-state index contributed by atoms with van der Waals surface area (Å²) < 4.78 is 0. The van der Waals surface area contributed by atoms with Crippen LogP contribution in [0.3, 0.4) is 0 Å². The summed E-state index contributed by atoms with van der Waals surface area (Å²) in [7, 11) is 0. The zero-order valence-electron chi connectivity index (χ0n) is 10.9. The lowest BCUT2D eigenvalue weighted by molar-refractivity contribution is -0.121. The SMILES string of the molecule is CC(NCC1(CO)CCCCC1)C(=O)NC(N)=O. The van der Waals surface area contributed by atoms with Gasteiger partial charge in [0, 0.05) is 18.6 Å². The van der Waals surface area contributed by atoms with E-state index in [2.05, 4.69) is 5.32 Å². The number of aliphatic hydroxyl groups excluding tert-OH is 1. The average Bonchev–Trinajstić information content (AvgIpc) is 2.36. The van der Waals surface area contributed by atoms with Crippen LogP contribution >= 0.6 is 0 Å². The highest BCUT2D eigenvalue weighted by Crippen LogP contribution is 2.35. The van der Waals surface area contributed by atoms with E-state index in [-0.39, 0.29) is 12.0 Å². The molecule has 1 saturated carbocycles. The summed E-state index contributed by atoms with van der Waals surface area (Å²) in [4.78, 5) is 22.0. The molecule has 6 heteroatoms. The summed E-state index contributed by atoms with van der Waals surface area (Å²) in [6.07, 6.45) is 5.38. The van der Waals surface area contributed by atoms with Gasteiger partial charge in [0.2, 0.25) is 5.91 Å². The number of nitrogens with one attached hydrogen (secondary N) is 2. The van der Waals surface area contributed by atoms with E-state index in [1.165, 1.54) is 6.42 Å². The van der Waals surface area contributed by atoms with Crippen molar-refractivity contribution in [2.45, 2.75) is 45.1 Å². The Morgan fingerprint density at radius 1 is 1.33 bits per heavy atom. The van der Waals surface area contributed by atoms with Crippen LogP contribution in [-0.2, 0) is 4.79 Å². The molecule has 0 heterocycles. The smallest absolute Gasteiger partial charge is 0.318 e. The topological polar surface area (TPSA) is 104 Å². The second-order valence-electron chi connectivity index (χ2n) is 5.17. The largest absolute Gasteiger partial charge is 0.396 e. The monoisotopic (exact) mass is 257 g/mol. The van der Waals surface area contributed by atoms with Crippen LogP contribution in [-0.4, -0.2) is 36.2 Å². The molecule has 6 nitrogen and oxygen atoms in total. The highest BCUT2D eigenvalue weighted by atomic mass is 16.3. The molecule has 5 N–H and O–H groups in total. The summed E-state index contributed by atoms with van der Waals surface area (Å²) in [5.74, 6) is -0.439. The number of nitrogens with two attached hydrogens (primary N) is 1. The second kappa shape index (κ2) is 6.70. The second-order valence-corrected chi connectivity index (χ2v) is 5.17. The minimum atomic E-state index is -0.844. The van der Waals surface area contributed by atoms with Gasteiger partial charge in [0.1, 0.15) is 0 Å². The number of hydrogen-bond donors (Lipinski definition) is 4. The van der Waals surface area contributed by atoms with Crippen molar-refractivity contribution in [1.82, 2.24) is 10.6 Å². The summed E-state index contributed by atoms with van der Waals surface area (Å²) >= 11 is 0. The fourth-order valence-electron chi connectivity index (χ4n) is 2.38. The average molecular weight is 257 g/mol. The zero-order chi connectivity index (χ0) is 13.6. The first-order valence-corrected chi connectivity index (χ1v) is 6.44. The molecule has 0 aromatic rings. The van der Waals surface area contributed by atoms with Crippen LogP contribution in [0.4, 0.5) is 4.79 Å². The van der Waals surface area contributed by atoms with E-state index < -0.39 is 18.0 Å². The first-order valence-electron chi connectivity index (χ1n) is 6.44. The summed E-state index contributed by atoms with van der Waals surface area (Å²) in [5, 5.41) is 14.6. The van der Waals surface area contributed by atoms with Crippen LogP contribution in [0.25, 0.3) is 0 Å². The van der Waals surface area contributed by atoms with Crippen LogP contribution in [0.5, 0.6) is 0 Å². The van der Waals surface area contributed by atoms with E-state index in [9.17, 15) is 14.7 Å². The van der Waals surface area contributed by atoms with Crippen molar-refractivity contribution in [2.24, 2.45) is 11.1 Å². The van der Waals surface area contributed by atoms with E-state index in [0.29, 0.717) is 6.54 Å². The molecule has 104 valence electrons. The molecule has 0 bridgehead atoms. The van der Waals surface area contributed by atoms with Crippen LogP contribution in [0, 0.1) is 5.41 Å². The summed E-state index contributed by atoms with van der Waals surface area (Å²) in [6.45, 7) is 2.38. The van der Waals surface area contributed by atoms with Gasteiger partial charge in [-0.05, 0) is 19.8 Å². The maximum atomic E-state index is 11.5. The van der Waals surface area contributed by atoms with Crippen molar-refractivity contribution in [1.29, 1.82) is 0 Å². The third kappa shape index (κ3) is 4.27. The van der Waals surface area contributed by atoms with Crippen LogP contribution in [0.1, 0.15) is 39.0 Å². The lowest BCUT2D eigenvalue weighted by Gasteiger charge is -2.36. The van der Waals surface area contributed by atoms with E-state index in [4.69, 9.17) is 5.73 Å². The van der Waals surface area contributed by atoms with Gasteiger partial charge < -0.3 is 16.2 Å². The Morgan fingerprint density at radius 2 is 1.94 bits per heavy atom. The maximum Gasteiger partial charge on any atom is 0.318 e. The Kier molecular flexibility index (Phi) is 5.55. The van der Waals surface area contributed by atoms with Gasteiger partial charge in [-0.3, -0.25) is 10.1 Å². The number of hydrogen-bond acceptors (Lipinski definition) is 4. The lowest BCUT2D eigenvalue weighted by Crippen LogP contribution is -2.50. The van der Waals surface area contributed by atoms with E-state index >= 15 is 0 Å². The molecule has 3 amide bonds. The first-order chi connectivity index (χ1) is 8.49. The van der Waals surface area contributed by atoms with E-state index in [1.54, 1.807) is 6.92 Å². The molecule has 18 heavy (non-hydrogen) atoms. The number of amides is 3. The van der Waals surface area contributed by atoms with Crippen molar-refractivity contribution >= 4 is 11.9 Å². The number of rotatable bonds is 5. The third-order valence-corrected chi connectivity index (χ3v) is 3.67. The Labute approximate surface area is 107 Å². The number of carbonyl (C=O) groups is 2. The van der Waals surface area contributed by atoms with Gasteiger partial charge >= 0.3 is 6.03 Å². The molecule has 0 spiro atoms. The van der Waals surface area contributed by atoms with E-state index in [1.807, 2.05) is 5.32 Å². The fourth-order valence-corrected chi connectivity index (χ4v) is 2.38. The van der Waals surface area contributed by atoms with Crippen molar-refractivity contribution in [3.05, 3.63) is 0 Å². The predicted octanol–water partition coefficient (Wildman–Crippen LogP) is 0.102. The van der Waals surface area contributed by atoms with Gasteiger partial charge in [-0.1, -0.05) is 19.3 Å². The lowest BCUT2D eigenvalue weighted by atomic mass is 9.74. The van der Waals surface area contributed by atoms with Crippen LogP contribution in [0.15, 0.2) is 0 Å². The number of imide groups is 1.